The third-order valence-electron chi connectivity index (χ3n) is 1.43. The van der Waals surface area contributed by atoms with E-state index < -0.39 is 0 Å². The molecule has 1 aliphatic carbocycles. The third kappa shape index (κ3) is 1.08. The minimum Gasteiger partial charge on any atom is -0.389 e. The van der Waals surface area contributed by atoms with Crippen molar-refractivity contribution in [1.29, 1.82) is 0 Å². The molecule has 0 heterocycles. The number of likely N-dealkylation sites (N-methyl/N-ethyl adjacent to an activating group) is 1. The van der Waals surface area contributed by atoms with E-state index in [1.54, 1.807) is 0 Å². The van der Waals surface area contributed by atoms with Gasteiger partial charge in [0.25, 0.3) is 0 Å². The fraction of sp³-hybridized carbons (Fsp3) is 0.667. The van der Waals surface area contributed by atoms with Crippen molar-refractivity contribution in [1.82, 2.24) is 5.32 Å². The number of nitrogens with one attached hydrogen (secondary N) is 1. The molecule has 0 amide bonds. The number of rotatable bonds is 1. The van der Waals surface area contributed by atoms with Crippen LogP contribution in [-0.2, 0) is 0 Å². The van der Waals surface area contributed by atoms with E-state index in [-0.39, 0.29) is 6.10 Å². The van der Waals surface area contributed by atoms with E-state index in [1.165, 1.54) is 0 Å². The lowest BCUT2D eigenvalue weighted by Gasteiger charge is -2.04. The van der Waals surface area contributed by atoms with Gasteiger partial charge in [0, 0.05) is 6.04 Å². The van der Waals surface area contributed by atoms with Crippen molar-refractivity contribution >= 4 is 0 Å². The predicted molar refractivity (Wildman–Crippen MR) is 32.6 cm³/mol. The molecule has 2 N–H and O–H groups in total. The zero-order chi connectivity index (χ0) is 5.98. The zero-order valence-corrected chi connectivity index (χ0v) is 4.96. The Kier molecular flexibility index (Phi) is 1.65. The summed E-state index contributed by atoms with van der Waals surface area (Å²) in [5.41, 5.74) is 0. The molecule has 0 aromatic carbocycles. The molecule has 0 aromatic heterocycles. The Bertz CT molecular complexity index is 101. The van der Waals surface area contributed by atoms with Crippen LogP contribution in [-0.4, -0.2) is 24.3 Å². The highest BCUT2D eigenvalue weighted by molar-refractivity contribution is 5.05. The van der Waals surface area contributed by atoms with Crippen LogP contribution in [0.15, 0.2) is 12.2 Å². The Labute approximate surface area is 49.2 Å². The number of aliphatic hydroxyl groups is 1. The quantitative estimate of drug-likeness (QED) is 0.465. The van der Waals surface area contributed by atoms with Crippen LogP contribution < -0.4 is 5.32 Å². The normalized spacial score (nSPS) is 36.2. The van der Waals surface area contributed by atoms with Gasteiger partial charge in [-0.15, -0.1) is 0 Å². The molecular formula is C6H11NO. The van der Waals surface area contributed by atoms with Gasteiger partial charge in [0.1, 0.15) is 0 Å². The van der Waals surface area contributed by atoms with Gasteiger partial charge in [0.2, 0.25) is 0 Å². The minimum absolute atomic E-state index is 0.215. The van der Waals surface area contributed by atoms with Crippen LogP contribution in [0.3, 0.4) is 0 Å². The van der Waals surface area contributed by atoms with E-state index in [2.05, 4.69) is 5.32 Å². The Hall–Kier alpha value is -0.340. The molecule has 0 fully saturated rings. The molecule has 0 bridgehead atoms. The van der Waals surface area contributed by atoms with Crippen LogP contribution in [0.25, 0.3) is 0 Å². The van der Waals surface area contributed by atoms with Gasteiger partial charge in [-0.2, -0.15) is 0 Å². The maximum absolute atomic E-state index is 8.90. The molecule has 0 spiro atoms. The Balaban J connectivity index is 2.34. The van der Waals surface area contributed by atoms with Gasteiger partial charge < -0.3 is 10.4 Å². The first-order chi connectivity index (χ1) is 3.83. The first-order valence-corrected chi connectivity index (χ1v) is 2.86. The second kappa shape index (κ2) is 2.29. The highest BCUT2D eigenvalue weighted by Gasteiger charge is 2.13. The van der Waals surface area contributed by atoms with Crippen molar-refractivity contribution in [3.05, 3.63) is 12.2 Å². The van der Waals surface area contributed by atoms with Crippen LogP contribution in [0, 0.1) is 0 Å². The molecule has 8 heavy (non-hydrogen) atoms. The molecule has 1 rings (SSSR count). The predicted octanol–water partition coefficient (Wildman–Crippen LogP) is -0.105. The van der Waals surface area contributed by atoms with Gasteiger partial charge in [-0.3, -0.25) is 0 Å². The summed E-state index contributed by atoms with van der Waals surface area (Å²) < 4.78 is 0. The van der Waals surface area contributed by atoms with Crippen LogP contribution >= 0.6 is 0 Å². The van der Waals surface area contributed by atoms with Gasteiger partial charge in [0.05, 0.1) is 6.10 Å². The largest absolute Gasteiger partial charge is 0.389 e. The Morgan fingerprint density at radius 1 is 1.62 bits per heavy atom. The molecule has 46 valence electrons. The lowest BCUT2D eigenvalue weighted by atomic mass is 10.2. The fourth-order valence-corrected chi connectivity index (χ4v) is 0.894. The summed E-state index contributed by atoms with van der Waals surface area (Å²) >= 11 is 0. The SMILES string of the molecule is CNC1C=CC(O)C1. The van der Waals surface area contributed by atoms with Crippen LogP contribution in [0.1, 0.15) is 6.42 Å². The zero-order valence-electron chi connectivity index (χ0n) is 4.96. The fourth-order valence-electron chi connectivity index (χ4n) is 0.894. The van der Waals surface area contributed by atoms with E-state index in [0.717, 1.165) is 6.42 Å². The molecule has 1 aliphatic rings. The van der Waals surface area contributed by atoms with Crippen LogP contribution in [0.5, 0.6) is 0 Å². The number of hydrogen-bond donors (Lipinski definition) is 2. The molecule has 0 aromatic rings. The van der Waals surface area contributed by atoms with E-state index in [9.17, 15) is 0 Å². The molecule has 2 nitrogen and oxygen atoms in total. The van der Waals surface area contributed by atoms with Crippen molar-refractivity contribution in [2.45, 2.75) is 18.6 Å². The molecule has 0 saturated heterocycles. The third-order valence-corrected chi connectivity index (χ3v) is 1.43. The van der Waals surface area contributed by atoms with Crippen LogP contribution in [0.2, 0.25) is 0 Å². The summed E-state index contributed by atoms with van der Waals surface area (Å²) in [7, 11) is 1.90. The summed E-state index contributed by atoms with van der Waals surface area (Å²) in [4.78, 5) is 0. The van der Waals surface area contributed by atoms with Crippen LogP contribution in [0.4, 0.5) is 0 Å². The topological polar surface area (TPSA) is 32.3 Å². The van der Waals surface area contributed by atoms with Crippen molar-refractivity contribution in [3.8, 4) is 0 Å². The standard InChI is InChI=1S/C6H11NO/c1-7-5-2-3-6(8)4-5/h2-3,5-8H,4H2,1H3. The molecule has 2 atom stereocenters. The van der Waals surface area contributed by atoms with E-state index in [0.29, 0.717) is 6.04 Å². The van der Waals surface area contributed by atoms with E-state index in [1.807, 2.05) is 19.2 Å². The molecule has 2 heteroatoms. The van der Waals surface area contributed by atoms with Gasteiger partial charge in [-0.05, 0) is 13.5 Å². The first kappa shape index (κ1) is 5.79. The summed E-state index contributed by atoms with van der Waals surface area (Å²) in [6.07, 6.45) is 4.43. The van der Waals surface area contributed by atoms with Gasteiger partial charge in [0.15, 0.2) is 0 Å². The average molecular weight is 113 g/mol. The second-order valence-electron chi connectivity index (χ2n) is 2.08. The number of aliphatic hydroxyl groups excluding tert-OH is 1. The highest BCUT2D eigenvalue weighted by atomic mass is 16.3. The van der Waals surface area contributed by atoms with Crippen molar-refractivity contribution in [2.75, 3.05) is 7.05 Å². The monoisotopic (exact) mass is 113 g/mol. The molecule has 2 unspecified atom stereocenters. The summed E-state index contributed by atoms with van der Waals surface area (Å²) in [5.74, 6) is 0. The van der Waals surface area contributed by atoms with Crippen molar-refractivity contribution in [3.63, 3.8) is 0 Å². The summed E-state index contributed by atoms with van der Waals surface area (Å²) in [6.45, 7) is 0. The lowest BCUT2D eigenvalue weighted by molar-refractivity contribution is 0.215. The molecular weight excluding hydrogens is 102 g/mol. The highest BCUT2D eigenvalue weighted by Crippen LogP contribution is 2.08. The molecule has 0 radical (unpaired) electrons. The van der Waals surface area contributed by atoms with Gasteiger partial charge >= 0.3 is 0 Å². The maximum atomic E-state index is 8.90. The van der Waals surface area contributed by atoms with Crippen molar-refractivity contribution in [2.24, 2.45) is 0 Å². The maximum Gasteiger partial charge on any atom is 0.0739 e. The van der Waals surface area contributed by atoms with E-state index >= 15 is 0 Å². The minimum atomic E-state index is -0.215. The molecule has 0 aliphatic heterocycles. The molecule has 0 saturated carbocycles. The summed E-state index contributed by atoms with van der Waals surface area (Å²) in [5, 5.41) is 12.0. The summed E-state index contributed by atoms with van der Waals surface area (Å²) in [6, 6.07) is 0.394. The first-order valence-electron chi connectivity index (χ1n) is 2.86. The number of hydrogen-bond acceptors (Lipinski definition) is 2. The van der Waals surface area contributed by atoms with Gasteiger partial charge in [-0.1, -0.05) is 12.2 Å². The van der Waals surface area contributed by atoms with Crippen molar-refractivity contribution < 1.29 is 5.11 Å². The van der Waals surface area contributed by atoms with E-state index in [4.69, 9.17) is 5.11 Å². The Morgan fingerprint density at radius 2 is 2.38 bits per heavy atom. The van der Waals surface area contributed by atoms with Gasteiger partial charge in [-0.25, -0.2) is 0 Å². The average Bonchev–Trinajstić information content (AvgIpc) is 2.14. The smallest absolute Gasteiger partial charge is 0.0739 e. The second-order valence-corrected chi connectivity index (χ2v) is 2.08. The Morgan fingerprint density at radius 3 is 2.62 bits per heavy atom. The lowest BCUT2D eigenvalue weighted by Crippen LogP contribution is -2.22.